The lowest BCUT2D eigenvalue weighted by atomic mass is 10.2. The Balaban J connectivity index is 1.58. The first kappa shape index (κ1) is 19.0. The molecule has 0 radical (unpaired) electrons. The molecule has 140 valence electrons. The zero-order valence-corrected chi connectivity index (χ0v) is 15.9. The number of benzene rings is 2. The first-order chi connectivity index (χ1) is 13.0. The van der Waals surface area contributed by atoms with Gasteiger partial charge >= 0.3 is 0 Å². The molecule has 1 heterocycles. The average molecular weight is 384 g/mol. The van der Waals surface area contributed by atoms with Crippen LogP contribution in [0.4, 0.5) is 11.4 Å². The SMILES string of the molecule is COc1ccc(NC(=O)CS[C@@H]2CC(=O)N(c3ccccc3C)C2=O)cc1. The highest BCUT2D eigenvalue weighted by atomic mass is 32.2. The number of amides is 3. The third-order valence-corrected chi connectivity index (χ3v) is 5.45. The van der Waals surface area contributed by atoms with Crippen LogP contribution in [0.5, 0.6) is 5.75 Å². The predicted octanol–water partition coefficient (Wildman–Crippen LogP) is 3.01. The van der Waals surface area contributed by atoms with Crippen LogP contribution in [0.2, 0.25) is 0 Å². The molecule has 0 saturated carbocycles. The van der Waals surface area contributed by atoms with E-state index in [1.165, 1.54) is 16.7 Å². The largest absolute Gasteiger partial charge is 0.497 e. The second-order valence-corrected chi connectivity index (χ2v) is 7.33. The lowest BCUT2D eigenvalue weighted by molar-refractivity contribution is -0.121. The number of aryl methyl sites for hydroxylation is 1. The van der Waals surface area contributed by atoms with Crippen LogP contribution in [0, 0.1) is 6.92 Å². The number of nitrogens with one attached hydrogen (secondary N) is 1. The van der Waals surface area contributed by atoms with Gasteiger partial charge in [-0.05, 0) is 42.8 Å². The summed E-state index contributed by atoms with van der Waals surface area (Å²) in [5.41, 5.74) is 2.12. The third kappa shape index (κ3) is 4.31. The number of para-hydroxylation sites is 1. The summed E-state index contributed by atoms with van der Waals surface area (Å²) in [6.45, 7) is 1.86. The molecule has 0 aliphatic carbocycles. The van der Waals surface area contributed by atoms with Gasteiger partial charge in [0.25, 0.3) is 0 Å². The van der Waals surface area contributed by atoms with Gasteiger partial charge in [-0.3, -0.25) is 14.4 Å². The number of hydrogen-bond donors (Lipinski definition) is 1. The molecule has 27 heavy (non-hydrogen) atoms. The Hall–Kier alpha value is -2.80. The number of rotatable bonds is 6. The van der Waals surface area contributed by atoms with E-state index in [1.54, 1.807) is 43.5 Å². The fraction of sp³-hybridized carbons (Fsp3) is 0.250. The summed E-state index contributed by atoms with van der Waals surface area (Å²) >= 11 is 1.19. The van der Waals surface area contributed by atoms with Crippen LogP contribution in [0.3, 0.4) is 0 Å². The van der Waals surface area contributed by atoms with Crippen molar-refractivity contribution in [2.45, 2.75) is 18.6 Å². The molecule has 1 aliphatic heterocycles. The molecule has 0 aromatic heterocycles. The van der Waals surface area contributed by atoms with E-state index in [0.717, 1.165) is 5.56 Å². The van der Waals surface area contributed by atoms with Crippen LogP contribution < -0.4 is 15.0 Å². The molecule has 3 amide bonds. The molecule has 1 fully saturated rings. The highest BCUT2D eigenvalue weighted by molar-refractivity contribution is 8.01. The van der Waals surface area contributed by atoms with Gasteiger partial charge in [0.2, 0.25) is 17.7 Å². The van der Waals surface area contributed by atoms with Crippen molar-refractivity contribution in [3.63, 3.8) is 0 Å². The van der Waals surface area contributed by atoms with Crippen molar-refractivity contribution in [1.82, 2.24) is 0 Å². The number of methoxy groups -OCH3 is 1. The van der Waals surface area contributed by atoms with Gasteiger partial charge in [0.05, 0.1) is 23.8 Å². The Morgan fingerprint density at radius 3 is 2.56 bits per heavy atom. The lowest BCUT2D eigenvalue weighted by Crippen LogP contribution is -2.32. The van der Waals surface area contributed by atoms with Crippen LogP contribution in [0.15, 0.2) is 48.5 Å². The summed E-state index contributed by atoms with van der Waals surface area (Å²) < 4.78 is 5.08. The number of anilines is 2. The smallest absolute Gasteiger partial charge is 0.247 e. The number of thioether (sulfide) groups is 1. The normalized spacial score (nSPS) is 16.5. The Bertz CT molecular complexity index is 867. The minimum Gasteiger partial charge on any atom is -0.497 e. The van der Waals surface area contributed by atoms with Crippen molar-refractivity contribution >= 4 is 40.9 Å². The first-order valence-corrected chi connectivity index (χ1v) is 9.52. The molecule has 1 atom stereocenters. The Morgan fingerprint density at radius 1 is 1.19 bits per heavy atom. The fourth-order valence-electron chi connectivity index (χ4n) is 2.85. The molecule has 2 aromatic carbocycles. The Morgan fingerprint density at radius 2 is 1.89 bits per heavy atom. The van der Waals surface area contributed by atoms with E-state index in [2.05, 4.69) is 5.32 Å². The van der Waals surface area contributed by atoms with E-state index in [-0.39, 0.29) is 29.9 Å². The number of nitrogens with zero attached hydrogens (tertiary/aromatic N) is 1. The van der Waals surface area contributed by atoms with Crippen LogP contribution >= 0.6 is 11.8 Å². The predicted molar refractivity (Wildman–Crippen MR) is 106 cm³/mol. The quantitative estimate of drug-likeness (QED) is 0.775. The second kappa shape index (κ2) is 8.26. The van der Waals surface area contributed by atoms with E-state index in [4.69, 9.17) is 4.74 Å². The molecule has 0 spiro atoms. The molecule has 3 rings (SSSR count). The fourth-order valence-corrected chi connectivity index (χ4v) is 3.78. The summed E-state index contributed by atoms with van der Waals surface area (Å²) in [5.74, 6) is 0.0736. The lowest BCUT2D eigenvalue weighted by Gasteiger charge is -2.17. The summed E-state index contributed by atoms with van der Waals surface area (Å²) in [6.07, 6.45) is 0.105. The molecule has 1 saturated heterocycles. The number of imide groups is 1. The van der Waals surface area contributed by atoms with Gasteiger partial charge in [-0.15, -0.1) is 11.8 Å². The van der Waals surface area contributed by atoms with Gasteiger partial charge in [0.15, 0.2) is 0 Å². The number of ether oxygens (including phenoxy) is 1. The molecular formula is C20H20N2O4S. The van der Waals surface area contributed by atoms with Crippen molar-refractivity contribution in [1.29, 1.82) is 0 Å². The topological polar surface area (TPSA) is 75.7 Å². The summed E-state index contributed by atoms with van der Waals surface area (Å²) in [7, 11) is 1.57. The molecule has 0 bridgehead atoms. The van der Waals surface area contributed by atoms with Gasteiger partial charge in [-0.1, -0.05) is 18.2 Å². The van der Waals surface area contributed by atoms with E-state index in [1.807, 2.05) is 19.1 Å². The molecule has 7 heteroatoms. The van der Waals surface area contributed by atoms with Gasteiger partial charge in [-0.25, -0.2) is 4.90 Å². The van der Waals surface area contributed by atoms with Gasteiger partial charge in [0.1, 0.15) is 5.75 Å². The minimum atomic E-state index is -0.543. The average Bonchev–Trinajstić information content (AvgIpc) is 2.95. The molecular weight excluding hydrogens is 364 g/mol. The van der Waals surface area contributed by atoms with Crippen molar-refractivity contribution in [2.24, 2.45) is 0 Å². The second-order valence-electron chi connectivity index (χ2n) is 6.13. The summed E-state index contributed by atoms with van der Waals surface area (Å²) in [6, 6.07) is 14.3. The molecule has 1 N–H and O–H groups in total. The third-order valence-electron chi connectivity index (χ3n) is 4.25. The molecule has 6 nitrogen and oxygen atoms in total. The first-order valence-electron chi connectivity index (χ1n) is 8.47. The van der Waals surface area contributed by atoms with E-state index in [0.29, 0.717) is 17.1 Å². The van der Waals surface area contributed by atoms with Crippen molar-refractivity contribution in [3.05, 3.63) is 54.1 Å². The Labute approximate surface area is 161 Å². The van der Waals surface area contributed by atoms with Gasteiger partial charge < -0.3 is 10.1 Å². The van der Waals surface area contributed by atoms with Crippen LogP contribution in [0.1, 0.15) is 12.0 Å². The molecule has 1 aliphatic rings. The number of carbonyl (C=O) groups is 3. The maximum absolute atomic E-state index is 12.6. The van der Waals surface area contributed by atoms with E-state index < -0.39 is 5.25 Å². The zero-order chi connectivity index (χ0) is 19.4. The van der Waals surface area contributed by atoms with Crippen molar-refractivity contribution < 1.29 is 19.1 Å². The monoisotopic (exact) mass is 384 g/mol. The van der Waals surface area contributed by atoms with Crippen molar-refractivity contribution in [2.75, 3.05) is 23.1 Å². The molecule has 0 unspecified atom stereocenters. The Kier molecular flexibility index (Phi) is 5.81. The van der Waals surface area contributed by atoms with E-state index in [9.17, 15) is 14.4 Å². The van der Waals surface area contributed by atoms with E-state index >= 15 is 0 Å². The van der Waals surface area contributed by atoms with Crippen LogP contribution in [0.25, 0.3) is 0 Å². The zero-order valence-electron chi connectivity index (χ0n) is 15.1. The highest BCUT2D eigenvalue weighted by Crippen LogP contribution is 2.31. The minimum absolute atomic E-state index is 0.0946. The van der Waals surface area contributed by atoms with Gasteiger partial charge in [0, 0.05) is 12.1 Å². The maximum Gasteiger partial charge on any atom is 0.247 e. The van der Waals surface area contributed by atoms with Crippen LogP contribution in [-0.4, -0.2) is 35.8 Å². The summed E-state index contributed by atoms with van der Waals surface area (Å²) in [5, 5.41) is 2.23. The van der Waals surface area contributed by atoms with Gasteiger partial charge in [-0.2, -0.15) is 0 Å². The standard InChI is InChI=1S/C20H20N2O4S/c1-13-5-3-4-6-16(13)22-19(24)11-17(20(22)25)27-12-18(23)21-14-7-9-15(26-2)10-8-14/h3-10,17H,11-12H2,1-2H3,(H,21,23)/t17-/m1/s1. The maximum atomic E-state index is 12.6. The van der Waals surface area contributed by atoms with Crippen molar-refractivity contribution in [3.8, 4) is 5.75 Å². The number of carbonyl (C=O) groups excluding carboxylic acids is 3. The summed E-state index contributed by atoms with van der Waals surface area (Å²) in [4.78, 5) is 38.3. The van der Waals surface area contributed by atoms with Crippen LogP contribution in [-0.2, 0) is 14.4 Å². The highest BCUT2D eigenvalue weighted by Gasteiger charge is 2.40. The molecule has 2 aromatic rings. The number of hydrogen-bond acceptors (Lipinski definition) is 5.